The molecule has 0 saturated carbocycles. The van der Waals surface area contributed by atoms with Gasteiger partial charge in [-0.2, -0.15) is 0 Å². The third-order valence-corrected chi connectivity index (χ3v) is 2.93. The Bertz CT molecular complexity index is 583. The minimum absolute atomic E-state index is 0.166. The standard InChI is InChI=1S/C12H11NO3S/c13-9-5-7-10(8-6-9)16-11-3-1-2-4-12(11)17(14)15/h1-8,17H,13H2. The van der Waals surface area contributed by atoms with Crippen molar-refractivity contribution >= 4 is 16.4 Å². The molecule has 0 fully saturated rings. The molecule has 0 aliphatic carbocycles. The fourth-order valence-corrected chi connectivity index (χ4v) is 1.87. The molecule has 0 amide bonds. The van der Waals surface area contributed by atoms with Crippen molar-refractivity contribution in [3.05, 3.63) is 48.5 Å². The Morgan fingerprint density at radius 3 is 2.24 bits per heavy atom. The van der Waals surface area contributed by atoms with Crippen molar-refractivity contribution in [1.29, 1.82) is 0 Å². The molecule has 17 heavy (non-hydrogen) atoms. The summed E-state index contributed by atoms with van der Waals surface area (Å²) in [6, 6.07) is 13.2. The quantitative estimate of drug-likeness (QED) is 0.645. The number of nitrogen functional groups attached to an aromatic ring is 1. The van der Waals surface area contributed by atoms with Crippen molar-refractivity contribution in [2.24, 2.45) is 0 Å². The normalized spacial score (nSPS) is 10.4. The fraction of sp³-hybridized carbons (Fsp3) is 0. The molecule has 2 N–H and O–H groups in total. The first kappa shape index (κ1) is 11.5. The number of para-hydroxylation sites is 1. The first-order chi connectivity index (χ1) is 8.16. The van der Waals surface area contributed by atoms with E-state index < -0.39 is 10.7 Å². The summed E-state index contributed by atoms with van der Waals surface area (Å²) in [6.07, 6.45) is 0. The van der Waals surface area contributed by atoms with Gasteiger partial charge in [0.15, 0.2) is 10.7 Å². The van der Waals surface area contributed by atoms with Gasteiger partial charge in [-0.05, 0) is 36.4 Å². The fourth-order valence-electron chi connectivity index (χ4n) is 1.36. The highest BCUT2D eigenvalue weighted by Crippen LogP contribution is 2.26. The molecule has 0 bridgehead atoms. The SMILES string of the molecule is Nc1ccc(Oc2ccccc2[SH](=O)=O)cc1. The average Bonchev–Trinajstić information content (AvgIpc) is 2.32. The Labute approximate surface area is 101 Å². The summed E-state index contributed by atoms with van der Waals surface area (Å²) in [5, 5.41) is 0. The van der Waals surface area contributed by atoms with E-state index >= 15 is 0 Å². The van der Waals surface area contributed by atoms with E-state index in [1.807, 2.05) is 0 Å². The van der Waals surface area contributed by atoms with Crippen LogP contribution in [-0.4, -0.2) is 8.42 Å². The number of nitrogens with two attached hydrogens (primary N) is 1. The molecule has 2 aromatic rings. The average molecular weight is 249 g/mol. The summed E-state index contributed by atoms with van der Waals surface area (Å²) >= 11 is 0. The summed E-state index contributed by atoms with van der Waals surface area (Å²) in [4.78, 5) is 0.166. The summed E-state index contributed by atoms with van der Waals surface area (Å²) in [5.74, 6) is 0.858. The van der Waals surface area contributed by atoms with Crippen LogP contribution < -0.4 is 10.5 Å². The largest absolute Gasteiger partial charge is 0.456 e. The van der Waals surface area contributed by atoms with Gasteiger partial charge in [0.25, 0.3) is 0 Å². The van der Waals surface area contributed by atoms with Crippen molar-refractivity contribution in [2.45, 2.75) is 4.90 Å². The lowest BCUT2D eigenvalue weighted by Gasteiger charge is -2.07. The van der Waals surface area contributed by atoms with E-state index in [9.17, 15) is 8.42 Å². The number of benzene rings is 2. The van der Waals surface area contributed by atoms with Crippen molar-refractivity contribution < 1.29 is 13.2 Å². The van der Waals surface area contributed by atoms with Crippen LogP contribution in [0.3, 0.4) is 0 Å². The zero-order valence-corrected chi connectivity index (χ0v) is 9.76. The molecule has 0 aliphatic heterocycles. The Morgan fingerprint density at radius 2 is 1.59 bits per heavy atom. The second kappa shape index (κ2) is 4.88. The van der Waals surface area contributed by atoms with Crippen LogP contribution in [0, 0.1) is 0 Å². The molecule has 0 spiro atoms. The number of thiol groups is 1. The molecular formula is C12H11NO3S. The van der Waals surface area contributed by atoms with E-state index in [0.29, 0.717) is 17.2 Å². The zero-order valence-electron chi connectivity index (χ0n) is 8.87. The molecule has 5 heteroatoms. The highest BCUT2D eigenvalue weighted by Gasteiger charge is 2.05. The molecule has 0 saturated heterocycles. The Hall–Kier alpha value is -2.01. The third-order valence-electron chi connectivity index (χ3n) is 2.17. The van der Waals surface area contributed by atoms with Crippen LogP contribution >= 0.6 is 0 Å². The van der Waals surface area contributed by atoms with E-state index in [1.165, 1.54) is 6.07 Å². The lowest BCUT2D eigenvalue weighted by Crippen LogP contribution is -1.90. The van der Waals surface area contributed by atoms with Gasteiger partial charge in [-0.3, -0.25) is 0 Å². The lowest BCUT2D eigenvalue weighted by atomic mass is 10.3. The van der Waals surface area contributed by atoms with E-state index in [-0.39, 0.29) is 4.90 Å². The van der Waals surface area contributed by atoms with Crippen molar-refractivity contribution in [3.8, 4) is 11.5 Å². The highest BCUT2D eigenvalue weighted by atomic mass is 32.2. The van der Waals surface area contributed by atoms with E-state index in [0.717, 1.165) is 0 Å². The van der Waals surface area contributed by atoms with Crippen molar-refractivity contribution in [1.82, 2.24) is 0 Å². The maximum Gasteiger partial charge on any atom is 0.171 e. The molecule has 0 aromatic heterocycles. The van der Waals surface area contributed by atoms with Crippen LogP contribution in [0.5, 0.6) is 11.5 Å². The number of ether oxygens (including phenoxy) is 1. The van der Waals surface area contributed by atoms with Crippen LogP contribution in [0.2, 0.25) is 0 Å². The van der Waals surface area contributed by atoms with Gasteiger partial charge in [-0.15, -0.1) is 0 Å². The Morgan fingerprint density at radius 1 is 0.941 bits per heavy atom. The lowest BCUT2D eigenvalue weighted by molar-refractivity contribution is 0.469. The summed E-state index contributed by atoms with van der Waals surface area (Å²) in [6.45, 7) is 0. The second-order valence-electron chi connectivity index (χ2n) is 3.40. The summed E-state index contributed by atoms with van der Waals surface area (Å²) in [5.41, 5.74) is 6.17. The van der Waals surface area contributed by atoms with Crippen LogP contribution in [0.4, 0.5) is 5.69 Å². The smallest absolute Gasteiger partial charge is 0.171 e. The van der Waals surface area contributed by atoms with Crippen LogP contribution in [-0.2, 0) is 10.7 Å². The Balaban J connectivity index is 2.33. The van der Waals surface area contributed by atoms with E-state index in [4.69, 9.17) is 10.5 Å². The maximum atomic E-state index is 11.0. The minimum atomic E-state index is -2.67. The molecule has 0 unspecified atom stereocenters. The molecule has 88 valence electrons. The van der Waals surface area contributed by atoms with E-state index in [2.05, 4.69) is 0 Å². The number of hydrogen-bond donors (Lipinski definition) is 2. The van der Waals surface area contributed by atoms with Gasteiger partial charge in [0.1, 0.15) is 16.4 Å². The number of anilines is 1. The number of rotatable bonds is 3. The molecule has 2 aromatic carbocycles. The second-order valence-corrected chi connectivity index (χ2v) is 4.39. The molecule has 0 aliphatic rings. The van der Waals surface area contributed by atoms with E-state index in [1.54, 1.807) is 42.5 Å². The Kier molecular flexibility index (Phi) is 3.30. The van der Waals surface area contributed by atoms with Gasteiger partial charge < -0.3 is 10.5 Å². The number of hydrogen-bond acceptors (Lipinski definition) is 4. The van der Waals surface area contributed by atoms with Crippen molar-refractivity contribution in [3.63, 3.8) is 0 Å². The molecule has 4 nitrogen and oxygen atoms in total. The van der Waals surface area contributed by atoms with Crippen LogP contribution in [0.25, 0.3) is 0 Å². The summed E-state index contributed by atoms with van der Waals surface area (Å²) < 4.78 is 27.5. The predicted octanol–water partition coefficient (Wildman–Crippen LogP) is 2.03. The van der Waals surface area contributed by atoms with Gasteiger partial charge >= 0.3 is 0 Å². The highest BCUT2D eigenvalue weighted by molar-refractivity contribution is 7.72. The molecule has 0 heterocycles. The van der Waals surface area contributed by atoms with Crippen LogP contribution in [0.15, 0.2) is 53.4 Å². The minimum Gasteiger partial charge on any atom is -0.456 e. The van der Waals surface area contributed by atoms with Gasteiger partial charge in [0.2, 0.25) is 0 Å². The topological polar surface area (TPSA) is 69.4 Å². The molecule has 0 atom stereocenters. The third kappa shape index (κ3) is 2.76. The van der Waals surface area contributed by atoms with Gasteiger partial charge in [0.05, 0.1) is 0 Å². The first-order valence-electron chi connectivity index (χ1n) is 4.93. The molecule has 0 radical (unpaired) electrons. The van der Waals surface area contributed by atoms with Gasteiger partial charge in [0, 0.05) is 5.69 Å². The van der Waals surface area contributed by atoms with Gasteiger partial charge in [-0.1, -0.05) is 12.1 Å². The van der Waals surface area contributed by atoms with Crippen LogP contribution in [0.1, 0.15) is 0 Å². The first-order valence-corrected chi connectivity index (χ1v) is 6.11. The summed E-state index contributed by atoms with van der Waals surface area (Å²) in [7, 11) is -2.67. The monoisotopic (exact) mass is 249 g/mol. The molecule has 2 rings (SSSR count). The predicted molar refractivity (Wildman–Crippen MR) is 66.0 cm³/mol. The van der Waals surface area contributed by atoms with Gasteiger partial charge in [-0.25, -0.2) is 8.42 Å². The molecular weight excluding hydrogens is 238 g/mol. The maximum absolute atomic E-state index is 11.0. The van der Waals surface area contributed by atoms with Crippen molar-refractivity contribution in [2.75, 3.05) is 5.73 Å². The zero-order chi connectivity index (χ0) is 12.3.